The molecule has 4 rings (SSSR count). The summed E-state index contributed by atoms with van der Waals surface area (Å²) in [6, 6.07) is 12.9. The van der Waals surface area contributed by atoms with Crippen molar-refractivity contribution in [2.24, 2.45) is 0 Å². The topological polar surface area (TPSA) is 65.6 Å². The highest BCUT2D eigenvalue weighted by atomic mass is 16.5. The Morgan fingerprint density at radius 2 is 1.89 bits per heavy atom. The molecule has 2 aliphatic rings. The van der Waals surface area contributed by atoms with E-state index in [1.54, 1.807) is 6.07 Å². The van der Waals surface area contributed by atoms with Gasteiger partial charge in [0.15, 0.2) is 0 Å². The van der Waals surface area contributed by atoms with Gasteiger partial charge in [0, 0.05) is 30.9 Å². The number of likely N-dealkylation sites (tertiary alicyclic amines) is 1. The number of morpholine rings is 1. The molecule has 27 heavy (non-hydrogen) atoms. The van der Waals surface area contributed by atoms with E-state index in [2.05, 4.69) is 22.0 Å². The van der Waals surface area contributed by atoms with Crippen molar-refractivity contribution in [2.45, 2.75) is 25.0 Å². The van der Waals surface area contributed by atoms with Crippen molar-refractivity contribution in [1.82, 2.24) is 14.8 Å². The summed E-state index contributed by atoms with van der Waals surface area (Å²) in [5.41, 5.74) is 1.22. The van der Waals surface area contributed by atoms with E-state index in [0.717, 1.165) is 25.2 Å². The van der Waals surface area contributed by atoms with Crippen molar-refractivity contribution < 1.29 is 9.53 Å². The second kappa shape index (κ2) is 8.06. The molecule has 1 aromatic heterocycles. The molecule has 0 bridgehead atoms. The Balaban J connectivity index is 1.65. The SMILES string of the molecule is O=C(c1cc[nH]c(=O)c1)N1CCO[C@@H](CN2CCCC2)[C@@H]1c1ccccc1. The first-order valence-corrected chi connectivity index (χ1v) is 9.61. The molecule has 142 valence electrons. The van der Waals surface area contributed by atoms with Gasteiger partial charge in [0.25, 0.3) is 5.91 Å². The van der Waals surface area contributed by atoms with Crippen LogP contribution >= 0.6 is 0 Å². The van der Waals surface area contributed by atoms with E-state index in [0.29, 0.717) is 18.7 Å². The number of carbonyl (C=O) groups is 1. The molecule has 6 nitrogen and oxygen atoms in total. The van der Waals surface area contributed by atoms with E-state index in [1.807, 2.05) is 23.1 Å². The van der Waals surface area contributed by atoms with Gasteiger partial charge in [-0.1, -0.05) is 30.3 Å². The first kappa shape index (κ1) is 17.9. The van der Waals surface area contributed by atoms with E-state index in [4.69, 9.17) is 4.74 Å². The summed E-state index contributed by atoms with van der Waals surface area (Å²) in [5, 5.41) is 0. The quantitative estimate of drug-likeness (QED) is 0.898. The maximum Gasteiger partial charge on any atom is 0.254 e. The third-order valence-electron chi connectivity index (χ3n) is 5.41. The summed E-state index contributed by atoms with van der Waals surface area (Å²) in [6.07, 6.45) is 3.89. The van der Waals surface area contributed by atoms with Crippen LogP contribution in [0.15, 0.2) is 53.5 Å². The average Bonchev–Trinajstić information content (AvgIpc) is 3.21. The molecule has 2 saturated heterocycles. The lowest BCUT2D eigenvalue weighted by atomic mass is 9.96. The first-order valence-electron chi connectivity index (χ1n) is 9.61. The highest BCUT2D eigenvalue weighted by molar-refractivity contribution is 5.94. The lowest BCUT2D eigenvalue weighted by Gasteiger charge is -2.42. The predicted octanol–water partition coefficient (Wildman–Crippen LogP) is 2.05. The number of hydrogen-bond donors (Lipinski definition) is 1. The normalized spacial score (nSPS) is 23.5. The molecule has 2 atom stereocenters. The predicted molar refractivity (Wildman–Crippen MR) is 103 cm³/mol. The number of rotatable bonds is 4. The smallest absolute Gasteiger partial charge is 0.254 e. The fourth-order valence-electron chi connectivity index (χ4n) is 4.12. The molecule has 1 N–H and O–H groups in total. The number of H-pyrrole nitrogens is 1. The van der Waals surface area contributed by atoms with E-state index in [-0.39, 0.29) is 23.6 Å². The summed E-state index contributed by atoms with van der Waals surface area (Å²) in [4.78, 5) is 31.7. The molecule has 1 aromatic carbocycles. The molecule has 0 spiro atoms. The maximum atomic E-state index is 13.2. The number of aromatic amines is 1. The number of nitrogens with zero attached hydrogens (tertiary/aromatic N) is 2. The minimum absolute atomic E-state index is 0.0785. The van der Waals surface area contributed by atoms with Crippen molar-refractivity contribution in [3.8, 4) is 0 Å². The summed E-state index contributed by atoms with van der Waals surface area (Å²) < 4.78 is 6.14. The Kier molecular flexibility index (Phi) is 5.36. The van der Waals surface area contributed by atoms with Crippen LogP contribution in [0.3, 0.4) is 0 Å². The Hall–Kier alpha value is -2.44. The largest absolute Gasteiger partial charge is 0.373 e. The van der Waals surface area contributed by atoms with Crippen molar-refractivity contribution in [3.63, 3.8) is 0 Å². The second-order valence-electron chi connectivity index (χ2n) is 7.21. The van der Waals surface area contributed by atoms with Gasteiger partial charge in [0.2, 0.25) is 5.56 Å². The molecule has 0 radical (unpaired) electrons. The molecule has 6 heteroatoms. The van der Waals surface area contributed by atoms with Gasteiger partial charge < -0.3 is 19.5 Å². The first-order chi connectivity index (χ1) is 13.2. The highest BCUT2D eigenvalue weighted by Gasteiger charge is 2.37. The van der Waals surface area contributed by atoms with Crippen LogP contribution in [0.4, 0.5) is 0 Å². The van der Waals surface area contributed by atoms with Gasteiger partial charge in [-0.15, -0.1) is 0 Å². The van der Waals surface area contributed by atoms with Crippen molar-refractivity contribution in [3.05, 3.63) is 70.1 Å². The number of ether oxygens (including phenoxy) is 1. The standard InChI is InChI=1S/C21H25N3O3/c25-19-14-17(8-9-22-19)21(26)24-12-13-27-18(15-23-10-4-5-11-23)20(24)16-6-2-1-3-7-16/h1-3,6-9,14,18,20H,4-5,10-13,15H2,(H,22,25)/t18-,20-/m0/s1. The second-order valence-corrected chi connectivity index (χ2v) is 7.21. The molecular formula is C21H25N3O3. The van der Waals surface area contributed by atoms with Crippen LogP contribution in [0.25, 0.3) is 0 Å². The Morgan fingerprint density at radius 3 is 2.63 bits per heavy atom. The Bertz CT molecular complexity index is 830. The molecular weight excluding hydrogens is 342 g/mol. The molecule has 2 aliphatic heterocycles. The maximum absolute atomic E-state index is 13.2. The van der Waals surface area contributed by atoms with Gasteiger partial charge in [-0.05, 0) is 37.6 Å². The van der Waals surface area contributed by atoms with Gasteiger partial charge in [-0.25, -0.2) is 0 Å². The fourth-order valence-corrected chi connectivity index (χ4v) is 4.12. The van der Waals surface area contributed by atoms with E-state index < -0.39 is 0 Å². The van der Waals surface area contributed by atoms with Crippen LogP contribution in [0.5, 0.6) is 0 Å². The third-order valence-corrected chi connectivity index (χ3v) is 5.41. The molecule has 3 heterocycles. The molecule has 2 aromatic rings. The molecule has 0 unspecified atom stereocenters. The Morgan fingerprint density at radius 1 is 1.11 bits per heavy atom. The van der Waals surface area contributed by atoms with Gasteiger partial charge in [0.1, 0.15) is 0 Å². The number of carbonyl (C=O) groups excluding carboxylic acids is 1. The summed E-state index contributed by atoms with van der Waals surface area (Å²) in [7, 11) is 0. The molecule has 0 saturated carbocycles. The van der Waals surface area contributed by atoms with E-state index in [9.17, 15) is 9.59 Å². The number of amides is 1. The number of nitrogens with one attached hydrogen (secondary N) is 1. The van der Waals surface area contributed by atoms with Crippen LogP contribution in [0, 0.1) is 0 Å². The number of aromatic nitrogens is 1. The van der Waals surface area contributed by atoms with Gasteiger partial charge in [-0.2, -0.15) is 0 Å². The zero-order valence-electron chi connectivity index (χ0n) is 15.3. The van der Waals surface area contributed by atoms with Crippen LogP contribution in [-0.2, 0) is 4.74 Å². The minimum atomic E-state index is -0.265. The van der Waals surface area contributed by atoms with Crippen molar-refractivity contribution in [1.29, 1.82) is 0 Å². The lowest BCUT2D eigenvalue weighted by Crippen LogP contribution is -2.51. The molecule has 2 fully saturated rings. The van der Waals surface area contributed by atoms with Crippen LogP contribution in [0.1, 0.15) is 34.8 Å². The average molecular weight is 367 g/mol. The highest BCUT2D eigenvalue weighted by Crippen LogP contribution is 2.32. The van der Waals surface area contributed by atoms with Crippen LogP contribution < -0.4 is 5.56 Å². The monoisotopic (exact) mass is 367 g/mol. The molecule has 0 aliphatic carbocycles. The Labute approximate surface area is 158 Å². The fraction of sp³-hybridized carbons (Fsp3) is 0.429. The van der Waals surface area contributed by atoms with Gasteiger partial charge in [-0.3, -0.25) is 9.59 Å². The summed E-state index contributed by atoms with van der Waals surface area (Å²) >= 11 is 0. The van der Waals surface area contributed by atoms with Gasteiger partial charge >= 0.3 is 0 Å². The lowest BCUT2D eigenvalue weighted by molar-refractivity contribution is -0.0707. The van der Waals surface area contributed by atoms with E-state index in [1.165, 1.54) is 25.1 Å². The summed E-state index contributed by atoms with van der Waals surface area (Å²) in [5.74, 6) is -0.121. The zero-order chi connectivity index (χ0) is 18.6. The van der Waals surface area contributed by atoms with Crippen molar-refractivity contribution >= 4 is 5.91 Å². The van der Waals surface area contributed by atoms with Crippen LogP contribution in [0.2, 0.25) is 0 Å². The minimum Gasteiger partial charge on any atom is -0.373 e. The van der Waals surface area contributed by atoms with Crippen molar-refractivity contribution in [2.75, 3.05) is 32.8 Å². The third kappa shape index (κ3) is 3.96. The molecule has 1 amide bonds. The summed E-state index contributed by atoms with van der Waals surface area (Å²) in [6.45, 7) is 4.02. The van der Waals surface area contributed by atoms with Gasteiger partial charge in [0.05, 0.1) is 18.8 Å². The van der Waals surface area contributed by atoms with Crippen LogP contribution in [-0.4, -0.2) is 59.6 Å². The number of pyridine rings is 1. The zero-order valence-corrected chi connectivity index (χ0v) is 15.3. The number of benzene rings is 1. The number of hydrogen-bond acceptors (Lipinski definition) is 4. The van der Waals surface area contributed by atoms with E-state index >= 15 is 0 Å².